The molecule has 2 heterocycles. The van der Waals surface area contributed by atoms with Crippen molar-refractivity contribution >= 4 is 15.9 Å². The molecule has 0 N–H and O–H groups in total. The first kappa shape index (κ1) is 21.5. The molecule has 1 fully saturated rings. The highest BCUT2D eigenvalue weighted by Crippen LogP contribution is 2.26. The maximum atomic E-state index is 13.1. The zero-order valence-corrected chi connectivity index (χ0v) is 17.7. The Morgan fingerprint density at radius 3 is 2.79 bits per heavy atom. The number of carbonyl (C=O) groups is 1. The summed E-state index contributed by atoms with van der Waals surface area (Å²) in [4.78, 5) is 14.9. The lowest BCUT2D eigenvalue weighted by atomic mass is 10.1. The SMILES string of the molecule is COCCN(Cc1ccco1)C(=O)c1cccc(S(=O)(=O)N2CCCCC2C)c1. The second kappa shape index (κ2) is 9.56. The first-order valence-corrected chi connectivity index (χ1v) is 11.3. The summed E-state index contributed by atoms with van der Waals surface area (Å²) in [7, 11) is -2.07. The van der Waals surface area contributed by atoms with Gasteiger partial charge in [-0.25, -0.2) is 8.42 Å². The van der Waals surface area contributed by atoms with Crippen LogP contribution in [-0.4, -0.2) is 56.4 Å². The molecule has 1 aliphatic rings. The monoisotopic (exact) mass is 420 g/mol. The first-order valence-electron chi connectivity index (χ1n) is 9.86. The molecule has 0 radical (unpaired) electrons. The van der Waals surface area contributed by atoms with E-state index in [0.29, 0.717) is 31.0 Å². The molecule has 1 atom stereocenters. The van der Waals surface area contributed by atoms with Crippen LogP contribution in [0.15, 0.2) is 52.0 Å². The van der Waals surface area contributed by atoms with Crippen molar-refractivity contribution in [1.29, 1.82) is 0 Å². The third kappa shape index (κ3) is 5.07. The van der Waals surface area contributed by atoms with Crippen LogP contribution in [0.1, 0.15) is 42.3 Å². The topological polar surface area (TPSA) is 80.1 Å². The number of hydrogen-bond donors (Lipinski definition) is 0. The molecule has 0 aliphatic carbocycles. The van der Waals surface area contributed by atoms with E-state index in [4.69, 9.17) is 9.15 Å². The highest BCUT2D eigenvalue weighted by Gasteiger charge is 2.31. The molecule has 0 bridgehead atoms. The van der Waals surface area contributed by atoms with Gasteiger partial charge in [-0.05, 0) is 50.1 Å². The molecule has 2 aromatic rings. The van der Waals surface area contributed by atoms with Gasteiger partial charge in [0.05, 0.1) is 24.3 Å². The van der Waals surface area contributed by atoms with Crippen molar-refractivity contribution in [2.24, 2.45) is 0 Å². The van der Waals surface area contributed by atoms with Gasteiger partial charge >= 0.3 is 0 Å². The summed E-state index contributed by atoms with van der Waals surface area (Å²) >= 11 is 0. The zero-order valence-electron chi connectivity index (χ0n) is 16.9. The van der Waals surface area contributed by atoms with Gasteiger partial charge in [0.1, 0.15) is 5.76 Å². The van der Waals surface area contributed by atoms with Gasteiger partial charge in [0.15, 0.2) is 0 Å². The van der Waals surface area contributed by atoms with Crippen LogP contribution in [0.5, 0.6) is 0 Å². The molecule has 0 spiro atoms. The molecule has 29 heavy (non-hydrogen) atoms. The van der Waals surface area contributed by atoms with E-state index in [2.05, 4.69) is 0 Å². The lowest BCUT2D eigenvalue weighted by Crippen LogP contribution is -2.42. The number of furan rings is 1. The minimum atomic E-state index is -3.64. The second-order valence-electron chi connectivity index (χ2n) is 7.29. The molecule has 1 aliphatic heterocycles. The third-order valence-electron chi connectivity index (χ3n) is 5.21. The van der Waals surface area contributed by atoms with Crippen LogP contribution in [0.2, 0.25) is 0 Å². The Morgan fingerprint density at radius 2 is 2.10 bits per heavy atom. The highest BCUT2D eigenvalue weighted by atomic mass is 32.2. The molecule has 3 rings (SSSR count). The maximum Gasteiger partial charge on any atom is 0.254 e. The zero-order chi connectivity index (χ0) is 20.9. The van der Waals surface area contributed by atoms with Gasteiger partial charge in [-0.3, -0.25) is 4.79 Å². The van der Waals surface area contributed by atoms with Crippen LogP contribution >= 0.6 is 0 Å². The van der Waals surface area contributed by atoms with Crippen LogP contribution in [0.4, 0.5) is 0 Å². The molecule has 1 saturated heterocycles. The quantitative estimate of drug-likeness (QED) is 0.655. The van der Waals surface area contributed by atoms with E-state index in [9.17, 15) is 13.2 Å². The van der Waals surface area contributed by atoms with Crippen molar-refractivity contribution in [1.82, 2.24) is 9.21 Å². The predicted molar refractivity (Wildman–Crippen MR) is 109 cm³/mol. The van der Waals surface area contributed by atoms with Crippen LogP contribution in [-0.2, 0) is 21.3 Å². The van der Waals surface area contributed by atoms with Gasteiger partial charge in [-0.1, -0.05) is 12.5 Å². The molecular weight excluding hydrogens is 392 g/mol. The van der Waals surface area contributed by atoms with Crippen molar-refractivity contribution in [3.05, 3.63) is 54.0 Å². The average Bonchev–Trinajstić information content (AvgIpc) is 3.24. The Morgan fingerprint density at radius 1 is 1.28 bits per heavy atom. The van der Waals surface area contributed by atoms with Gasteiger partial charge in [0, 0.05) is 31.8 Å². The summed E-state index contributed by atoms with van der Waals surface area (Å²) in [5, 5.41) is 0. The van der Waals surface area contributed by atoms with Crippen molar-refractivity contribution in [2.75, 3.05) is 26.8 Å². The summed E-state index contributed by atoms with van der Waals surface area (Å²) in [6.07, 6.45) is 4.30. The van der Waals surface area contributed by atoms with Crippen LogP contribution in [0.25, 0.3) is 0 Å². The smallest absolute Gasteiger partial charge is 0.254 e. The van der Waals surface area contributed by atoms with E-state index in [1.807, 2.05) is 6.92 Å². The Kier molecular flexibility index (Phi) is 7.10. The van der Waals surface area contributed by atoms with E-state index in [-0.39, 0.29) is 23.4 Å². The van der Waals surface area contributed by atoms with E-state index in [1.165, 1.54) is 6.07 Å². The molecule has 1 aromatic carbocycles. The number of ether oxygens (including phenoxy) is 1. The Bertz CT molecular complexity index is 911. The van der Waals surface area contributed by atoms with Crippen LogP contribution < -0.4 is 0 Å². The number of carbonyl (C=O) groups excluding carboxylic acids is 1. The van der Waals surface area contributed by atoms with Crippen LogP contribution in [0, 0.1) is 0 Å². The molecule has 8 heteroatoms. The van der Waals surface area contributed by atoms with Crippen LogP contribution in [0.3, 0.4) is 0 Å². The lowest BCUT2D eigenvalue weighted by molar-refractivity contribution is 0.0666. The Labute approximate surface area is 172 Å². The number of hydrogen-bond acceptors (Lipinski definition) is 5. The largest absolute Gasteiger partial charge is 0.467 e. The average molecular weight is 421 g/mol. The molecule has 0 saturated carbocycles. The fourth-order valence-corrected chi connectivity index (χ4v) is 5.33. The number of sulfonamides is 1. The summed E-state index contributed by atoms with van der Waals surface area (Å²) < 4.78 is 38.3. The first-order chi connectivity index (χ1) is 13.9. The van der Waals surface area contributed by atoms with Gasteiger partial charge in [0.25, 0.3) is 5.91 Å². The molecule has 1 amide bonds. The standard InChI is InChI=1S/C21H28N2O5S/c1-17-7-3-4-11-23(17)29(25,26)20-10-5-8-18(15-20)21(24)22(12-14-27-2)16-19-9-6-13-28-19/h5-6,8-10,13,15,17H,3-4,7,11-12,14,16H2,1-2H3. The molecular formula is C21H28N2O5S. The molecule has 1 aromatic heterocycles. The number of rotatable bonds is 8. The molecule has 1 unspecified atom stereocenters. The number of methoxy groups -OCH3 is 1. The van der Waals surface area contributed by atoms with E-state index in [0.717, 1.165) is 19.3 Å². The minimum absolute atomic E-state index is 0.0368. The second-order valence-corrected chi connectivity index (χ2v) is 9.18. The normalized spacial score (nSPS) is 17.9. The van der Waals surface area contributed by atoms with E-state index >= 15 is 0 Å². The summed E-state index contributed by atoms with van der Waals surface area (Å²) in [6, 6.07) is 9.82. The fraction of sp³-hybridized carbons (Fsp3) is 0.476. The van der Waals surface area contributed by atoms with Gasteiger partial charge in [-0.15, -0.1) is 0 Å². The summed E-state index contributed by atoms with van der Waals surface area (Å²) in [6.45, 7) is 3.48. The number of piperidine rings is 1. The minimum Gasteiger partial charge on any atom is -0.467 e. The maximum absolute atomic E-state index is 13.1. The summed E-state index contributed by atoms with van der Waals surface area (Å²) in [5.41, 5.74) is 0.332. The van der Waals surface area contributed by atoms with Gasteiger partial charge < -0.3 is 14.1 Å². The fourth-order valence-electron chi connectivity index (χ4n) is 3.58. The number of nitrogens with zero attached hydrogens (tertiary/aromatic N) is 2. The van der Waals surface area contributed by atoms with Crippen molar-refractivity contribution < 1.29 is 22.4 Å². The number of benzene rings is 1. The van der Waals surface area contributed by atoms with E-state index in [1.54, 1.807) is 52.9 Å². The predicted octanol–water partition coefficient (Wildman–Crippen LogP) is 3.13. The molecule has 7 nitrogen and oxygen atoms in total. The summed E-state index contributed by atoms with van der Waals surface area (Å²) in [5.74, 6) is 0.391. The molecule has 158 valence electrons. The van der Waals surface area contributed by atoms with Gasteiger partial charge in [0.2, 0.25) is 10.0 Å². The van der Waals surface area contributed by atoms with Crippen molar-refractivity contribution in [2.45, 2.75) is 43.7 Å². The van der Waals surface area contributed by atoms with Crippen molar-refractivity contribution in [3.63, 3.8) is 0 Å². The third-order valence-corrected chi connectivity index (χ3v) is 7.22. The lowest BCUT2D eigenvalue weighted by Gasteiger charge is -2.32. The highest BCUT2D eigenvalue weighted by molar-refractivity contribution is 7.89. The van der Waals surface area contributed by atoms with Gasteiger partial charge in [-0.2, -0.15) is 4.31 Å². The Hall–Kier alpha value is -2.16. The van der Waals surface area contributed by atoms with Crippen molar-refractivity contribution in [3.8, 4) is 0 Å². The van der Waals surface area contributed by atoms with E-state index < -0.39 is 10.0 Å². The number of amides is 1. The Balaban J connectivity index is 1.85.